The molecule has 2 N–H and O–H groups in total. The van der Waals surface area contributed by atoms with Crippen LogP contribution in [0.5, 0.6) is 17.2 Å². The summed E-state index contributed by atoms with van der Waals surface area (Å²) in [5.74, 6) is 1.50. The number of ether oxygens (including phenoxy) is 3. The number of carbonyl (C=O) groups is 1. The predicted octanol–water partition coefficient (Wildman–Crippen LogP) is 2.87. The first kappa shape index (κ1) is 19.0. The molecule has 2 aromatic carbocycles. The predicted molar refractivity (Wildman–Crippen MR) is 105 cm³/mol. The van der Waals surface area contributed by atoms with Gasteiger partial charge in [0.1, 0.15) is 11.4 Å². The minimum absolute atomic E-state index is 0.285. The van der Waals surface area contributed by atoms with Crippen LogP contribution in [0.2, 0.25) is 0 Å². The van der Waals surface area contributed by atoms with Crippen molar-refractivity contribution in [3.05, 3.63) is 59.8 Å². The normalized spacial score (nSPS) is 10.7. The molecule has 3 rings (SSSR count). The molecular formula is C20H20N4O4. The quantitative estimate of drug-likeness (QED) is 0.485. The molecule has 28 heavy (non-hydrogen) atoms. The molecule has 0 atom stereocenters. The smallest absolute Gasteiger partial charge is 0.289 e. The molecule has 0 aliphatic heterocycles. The van der Waals surface area contributed by atoms with Crippen LogP contribution in [0.15, 0.2) is 53.6 Å². The van der Waals surface area contributed by atoms with Gasteiger partial charge in [0.15, 0.2) is 11.5 Å². The van der Waals surface area contributed by atoms with Gasteiger partial charge in [0.2, 0.25) is 0 Å². The Balaban J connectivity index is 1.69. The van der Waals surface area contributed by atoms with Crippen molar-refractivity contribution in [3.63, 3.8) is 0 Å². The molecule has 0 bridgehead atoms. The van der Waals surface area contributed by atoms with Crippen LogP contribution in [0.4, 0.5) is 0 Å². The van der Waals surface area contributed by atoms with Crippen molar-refractivity contribution < 1.29 is 19.0 Å². The van der Waals surface area contributed by atoms with Crippen LogP contribution < -0.4 is 19.6 Å². The van der Waals surface area contributed by atoms with Gasteiger partial charge in [-0.25, -0.2) is 5.43 Å². The average Bonchev–Trinajstić information content (AvgIpc) is 3.23. The summed E-state index contributed by atoms with van der Waals surface area (Å²) in [5, 5.41) is 10.8. The third-order valence-corrected chi connectivity index (χ3v) is 3.98. The second-order valence-electron chi connectivity index (χ2n) is 5.71. The highest BCUT2D eigenvalue weighted by atomic mass is 16.5. The van der Waals surface area contributed by atoms with Gasteiger partial charge in [-0.3, -0.25) is 9.89 Å². The van der Waals surface area contributed by atoms with E-state index in [9.17, 15) is 4.79 Å². The molecule has 1 amide bonds. The Kier molecular flexibility index (Phi) is 5.91. The maximum atomic E-state index is 12.3. The van der Waals surface area contributed by atoms with Crippen molar-refractivity contribution in [2.45, 2.75) is 0 Å². The summed E-state index contributed by atoms with van der Waals surface area (Å²) in [6.45, 7) is 0. The number of aromatic nitrogens is 2. The van der Waals surface area contributed by atoms with Gasteiger partial charge < -0.3 is 14.2 Å². The van der Waals surface area contributed by atoms with E-state index in [-0.39, 0.29) is 5.69 Å². The number of amides is 1. The van der Waals surface area contributed by atoms with Gasteiger partial charge in [0.25, 0.3) is 5.91 Å². The lowest BCUT2D eigenvalue weighted by molar-refractivity contribution is 0.0950. The number of hydrazone groups is 1. The largest absolute Gasteiger partial charge is 0.497 e. The number of methoxy groups -OCH3 is 3. The van der Waals surface area contributed by atoms with Gasteiger partial charge in [-0.1, -0.05) is 12.1 Å². The van der Waals surface area contributed by atoms with E-state index in [4.69, 9.17) is 14.2 Å². The van der Waals surface area contributed by atoms with E-state index in [0.717, 1.165) is 11.1 Å². The fourth-order valence-corrected chi connectivity index (χ4v) is 2.53. The van der Waals surface area contributed by atoms with Crippen molar-refractivity contribution >= 4 is 12.1 Å². The minimum Gasteiger partial charge on any atom is -0.497 e. The van der Waals surface area contributed by atoms with Crippen LogP contribution in [-0.2, 0) is 0 Å². The molecule has 144 valence electrons. The first-order valence-corrected chi connectivity index (χ1v) is 8.40. The van der Waals surface area contributed by atoms with Gasteiger partial charge >= 0.3 is 0 Å². The van der Waals surface area contributed by atoms with Crippen molar-refractivity contribution in [2.24, 2.45) is 5.10 Å². The van der Waals surface area contributed by atoms with Crippen LogP contribution in [0.1, 0.15) is 16.1 Å². The second-order valence-corrected chi connectivity index (χ2v) is 5.71. The van der Waals surface area contributed by atoms with Gasteiger partial charge in [0, 0.05) is 5.56 Å². The highest BCUT2D eigenvalue weighted by Gasteiger charge is 2.12. The van der Waals surface area contributed by atoms with Crippen molar-refractivity contribution in [3.8, 4) is 28.5 Å². The third kappa shape index (κ3) is 4.29. The number of aromatic amines is 1. The Morgan fingerprint density at radius 1 is 1.04 bits per heavy atom. The number of benzene rings is 2. The molecule has 0 saturated heterocycles. The summed E-state index contributed by atoms with van der Waals surface area (Å²) in [7, 11) is 4.72. The zero-order valence-corrected chi connectivity index (χ0v) is 15.7. The molecule has 0 aliphatic carbocycles. The van der Waals surface area contributed by atoms with Crippen LogP contribution in [0.25, 0.3) is 11.3 Å². The third-order valence-electron chi connectivity index (χ3n) is 3.98. The van der Waals surface area contributed by atoms with Crippen LogP contribution >= 0.6 is 0 Å². The first-order chi connectivity index (χ1) is 13.6. The number of hydrogen-bond acceptors (Lipinski definition) is 6. The fourth-order valence-electron chi connectivity index (χ4n) is 2.53. The summed E-state index contributed by atoms with van der Waals surface area (Å²) in [4.78, 5) is 12.3. The molecule has 3 aromatic rings. The molecule has 8 heteroatoms. The zero-order chi connectivity index (χ0) is 19.9. The summed E-state index contributed by atoms with van der Waals surface area (Å²) < 4.78 is 15.7. The lowest BCUT2D eigenvalue weighted by Crippen LogP contribution is -2.18. The Labute approximate surface area is 162 Å². The molecule has 1 aromatic heterocycles. The molecule has 0 radical (unpaired) electrons. The summed E-state index contributed by atoms with van der Waals surface area (Å²) >= 11 is 0. The highest BCUT2D eigenvalue weighted by Crippen LogP contribution is 2.31. The standard InChI is InChI=1S/C20H20N4O4/c1-26-15-6-4-5-13(9-15)12-21-24-20(25)17-11-16(22-23-17)14-7-8-18(27-2)19(10-14)28-3/h4-12H,1-3H3,(H,22,23)(H,24,25)/b21-12-. The molecule has 0 unspecified atom stereocenters. The lowest BCUT2D eigenvalue weighted by Gasteiger charge is -2.08. The van der Waals surface area contributed by atoms with Gasteiger partial charge in [-0.2, -0.15) is 10.2 Å². The SMILES string of the molecule is COc1cccc(/C=N\NC(=O)c2cc(-c3ccc(OC)c(OC)c3)n[nH]2)c1. The van der Waals surface area contributed by atoms with E-state index in [2.05, 4.69) is 20.7 Å². The van der Waals surface area contributed by atoms with E-state index in [0.29, 0.717) is 22.9 Å². The van der Waals surface area contributed by atoms with E-state index < -0.39 is 5.91 Å². The van der Waals surface area contributed by atoms with Gasteiger partial charge in [0.05, 0.1) is 33.2 Å². The molecule has 0 saturated carbocycles. The van der Waals surface area contributed by atoms with Crippen LogP contribution in [-0.4, -0.2) is 43.6 Å². The Hall–Kier alpha value is -3.81. The second kappa shape index (κ2) is 8.72. The van der Waals surface area contributed by atoms with E-state index in [1.54, 1.807) is 45.6 Å². The number of hydrogen-bond donors (Lipinski definition) is 2. The molecular weight excluding hydrogens is 360 g/mol. The Bertz CT molecular complexity index is 997. The van der Waals surface area contributed by atoms with E-state index in [1.807, 2.05) is 24.3 Å². The summed E-state index contributed by atoms with van der Waals surface area (Å²) in [6, 6.07) is 14.4. The number of H-pyrrole nitrogens is 1. The van der Waals surface area contributed by atoms with Crippen LogP contribution in [0.3, 0.4) is 0 Å². The van der Waals surface area contributed by atoms with Crippen molar-refractivity contribution in [1.82, 2.24) is 15.6 Å². The van der Waals surface area contributed by atoms with E-state index in [1.165, 1.54) is 6.21 Å². The maximum absolute atomic E-state index is 12.3. The fraction of sp³-hybridized carbons (Fsp3) is 0.150. The lowest BCUT2D eigenvalue weighted by atomic mass is 10.1. The number of nitrogens with one attached hydrogen (secondary N) is 2. The average molecular weight is 380 g/mol. The Morgan fingerprint density at radius 2 is 1.86 bits per heavy atom. The topological polar surface area (TPSA) is 97.8 Å². The zero-order valence-electron chi connectivity index (χ0n) is 15.7. The molecule has 0 fully saturated rings. The minimum atomic E-state index is -0.404. The molecule has 0 spiro atoms. The Morgan fingerprint density at radius 3 is 2.61 bits per heavy atom. The summed E-state index contributed by atoms with van der Waals surface area (Å²) in [6.07, 6.45) is 1.53. The van der Waals surface area contributed by atoms with Crippen molar-refractivity contribution in [2.75, 3.05) is 21.3 Å². The van der Waals surface area contributed by atoms with Crippen molar-refractivity contribution in [1.29, 1.82) is 0 Å². The van der Waals surface area contributed by atoms with Gasteiger partial charge in [-0.15, -0.1) is 0 Å². The maximum Gasteiger partial charge on any atom is 0.289 e. The number of nitrogens with zero attached hydrogens (tertiary/aromatic N) is 2. The number of rotatable bonds is 7. The monoisotopic (exact) mass is 380 g/mol. The molecule has 0 aliphatic rings. The first-order valence-electron chi connectivity index (χ1n) is 8.40. The highest BCUT2D eigenvalue weighted by molar-refractivity contribution is 5.94. The number of carbonyl (C=O) groups excluding carboxylic acids is 1. The summed E-state index contributed by atoms with van der Waals surface area (Å²) in [5.41, 5.74) is 4.94. The molecule has 1 heterocycles. The van der Waals surface area contributed by atoms with Crippen LogP contribution in [0, 0.1) is 0 Å². The van der Waals surface area contributed by atoms with Gasteiger partial charge in [-0.05, 0) is 42.0 Å². The molecule has 8 nitrogen and oxygen atoms in total. The van der Waals surface area contributed by atoms with E-state index >= 15 is 0 Å².